The van der Waals surface area contributed by atoms with Crippen LogP contribution in [0.2, 0.25) is 0 Å². The van der Waals surface area contributed by atoms with Crippen LogP contribution in [0.1, 0.15) is 30.5 Å². The van der Waals surface area contributed by atoms with Crippen LogP contribution in [0, 0.1) is 5.82 Å². The Hall–Kier alpha value is -2.01. The fourth-order valence-corrected chi connectivity index (χ4v) is 2.21. The minimum atomic E-state index is -0.305. The van der Waals surface area contributed by atoms with Crippen molar-refractivity contribution in [2.75, 3.05) is 13.7 Å². The van der Waals surface area contributed by atoms with Gasteiger partial charge < -0.3 is 10.1 Å². The van der Waals surface area contributed by atoms with Gasteiger partial charge in [-0.05, 0) is 31.0 Å². The van der Waals surface area contributed by atoms with Crippen LogP contribution in [0.4, 0.5) is 4.39 Å². The first-order valence-electron chi connectivity index (χ1n) is 7.06. The Balaban J connectivity index is 2.23. The van der Waals surface area contributed by atoms with Gasteiger partial charge in [-0.3, -0.25) is 0 Å². The Morgan fingerprint density at radius 3 is 2.71 bits per heavy atom. The molecule has 4 nitrogen and oxygen atoms in total. The number of aromatic nitrogens is 2. The van der Waals surface area contributed by atoms with Crippen LogP contribution in [-0.2, 0) is 6.42 Å². The molecule has 5 heteroatoms. The van der Waals surface area contributed by atoms with Gasteiger partial charge in [-0.2, -0.15) is 0 Å². The maximum atomic E-state index is 14.3. The number of benzene rings is 1. The molecule has 0 aliphatic rings. The molecular formula is C16H20FN3O. The average molecular weight is 289 g/mol. The minimum Gasteiger partial charge on any atom is -0.494 e. The molecule has 0 radical (unpaired) electrons. The van der Waals surface area contributed by atoms with E-state index in [1.807, 2.05) is 0 Å². The van der Waals surface area contributed by atoms with E-state index in [0.29, 0.717) is 12.0 Å². The van der Waals surface area contributed by atoms with Crippen LogP contribution in [0.5, 0.6) is 5.75 Å². The average Bonchev–Trinajstić information content (AvgIpc) is 2.53. The normalized spacial score (nSPS) is 12.1. The number of halogens is 1. The highest BCUT2D eigenvalue weighted by atomic mass is 19.1. The summed E-state index contributed by atoms with van der Waals surface area (Å²) in [6.07, 6.45) is 6.55. The molecular weight excluding hydrogens is 269 g/mol. The van der Waals surface area contributed by atoms with E-state index >= 15 is 0 Å². The smallest absolute Gasteiger partial charge is 0.168 e. The van der Waals surface area contributed by atoms with Gasteiger partial charge in [0.15, 0.2) is 11.6 Å². The third-order valence-corrected chi connectivity index (χ3v) is 3.31. The van der Waals surface area contributed by atoms with Crippen LogP contribution in [-0.4, -0.2) is 23.6 Å². The van der Waals surface area contributed by atoms with E-state index in [4.69, 9.17) is 4.74 Å². The second kappa shape index (κ2) is 7.69. The van der Waals surface area contributed by atoms with Crippen LogP contribution >= 0.6 is 0 Å². The topological polar surface area (TPSA) is 47.0 Å². The Kier molecular flexibility index (Phi) is 5.63. The quantitative estimate of drug-likeness (QED) is 0.851. The van der Waals surface area contributed by atoms with Crippen molar-refractivity contribution in [1.82, 2.24) is 15.3 Å². The molecule has 0 fully saturated rings. The second-order valence-corrected chi connectivity index (χ2v) is 4.82. The molecule has 0 amide bonds. The number of methoxy groups -OCH3 is 1. The van der Waals surface area contributed by atoms with E-state index in [-0.39, 0.29) is 17.6 Å². The summed E-state index contributed by atoms with van der Waals surface area (Å²) in [4.78, 5) is 8.08. The van der Waals surface area contributed by atoms with Crippen molar-refractivity contribution >= 4 is 0 Å². The molecule has 0 saturated carbocycles. The van der Waals surface area contributed by atoms with E-state index < -0.39 is 0 Å². The zero-order chi connectivity index (χ0) is 15.1. The number of nitrogens with one attached hydrogen (secondary N) is 1. The molecule has 112 valence electrons. The van der Waals surface area contributed by atoms with Crippen molar-refractivity contribution in [1.29, 1.82) is 0 Å². The fraction of sp³-hybridized carbons (Fsp3) is 0.375. The summed E-state index contributed by atoms with van der Waals surface area (Å²) in [5.74, 6) is -0.0359. The SMILES string of the molecule is CCCNC(Cc1cccc(OC)c1F)c1cncnc1. The number of ether oxygens (including phenoxy) is 1. The fourth-order valence-electron chi connectivity index (χ4n) is 2.21. The van der Waals surface area contributed by atoms with Gasteiger partial charge in [0, 0.05) is 24.0 Å². The maximum absolute atomic E-state index is 14.3. The zero-order valence-electron chi connectivity index (χ0n) is 12.3. The van der Waals surface area contributed by atoms with Crippen molar-refractivity contribution in [2.24, 2.45) is 0 Å². The van der Waals surface area contributed by atoms with Crippen molar-refractivity contribution in [3.8, 4) is 5.75 Å². The van der Waals surface area contributed by atoms with Gasteiger partial charge in [-0.1, -0.05) is 19.1 Å². The van der Waals surface area contributed by atoms with Crippen molar-refractivity contribution in [3.63, 3.8) is 0 Å². The third kappa shape index (κ3) is 3.98. The number of hydrogen-bond acceptors (Lipinski definition) is 4. The Morgan fingerprint density at radius 1 is 1.29 bits per heavy atom. The molecule has 2 aromatic rings. The van der Waals surface area contributed by atoms with Crippen LogP contribution < -0.4 is 10.1 Å². The maximum Gasteiger partial charge on any atom is 0.168 e. The molecule has 1 unspecified atom stereocenters. The molecule has 1 atom stereocenters. The molecule has 0 spiro atoms. The third-order valence-electron chi connectivity index (χ3n) is 3.31. The highest BCUT2D eigenvalue weighted by molar-refractivity contribution is 5.32. The van der Waals surface area contributed by atoms with Gasteiger partial charge in [0.05, 0.1) is 7.11 Å². The molecule has 21 heavy (non-hydrogen) atoms. The summed E-state index contributed by atoms with van der Waals surface area (Å²) in [5.41, 5.74) is 1.57. The first kappa shape index (κ1) is 15.4. The van der Waals surface area contributed by atoms with E-state index in [0.717, 1.165) is 18.5 Å². The lowest BCUT2D eigenvalue weighted by molar-refractivity contribution is 0.382. The number of hydrogen-bond donors (Lipinski definition) is 1. The minimum absolute atomic E-state index is 0.0206. The predicted molar refractivity (Wildman–Crippen MR) is 79.7 cm³/mol. The molecule has 0 bridgehead atoms. The van der Waals surface area contributed by atoms with Gasteiger partial charge in [-0.25, -0.2) is 14.4 Å². The lowest BCUT2D eigenvalue weighted by Crippen LogP contribution is -2.24. The molecule has 2 rings (SSSR count). The summed E-state index contributed by atoms with van der Waals surface area (Å²) < 4.78 is 19.3. The molecule has 1 heterocycles. The van der Waals surface area contributed by atoms with Gasteiger partial charge in [0.25, 0.3) is 0 Å². The van der Waals surface area contributed by atoms with Crippen molar-refractivity contribution in [3.05, 3.63) is 53.9 Å². The lowest BCUT2D eigenvalue weighted by Gasteiger charge is -2.19. The molecule has 1 aromatic heterocycles. The highest BCUT2D eigenvalue weighted by Gasteiger charge is 2.16. The summed E-state index contributed by atoms with van der Waals surface area (Å²) in [6.45, 7) is 2.95. The van der Waals surface area contributed by atoms with Crippen molar-refractivity contribution in [2.45, 2.75) is 25.8 Å². The molecule has 1 aromatic carbocycles. The summed E-state index contributed by atoms with van der Waals surface area (Å²) in [7, 11) is 1.47. The predicted octanol–water partition coefficient (Wildman–Crippen LogP) is 2.91. The van der Waals surface area contributed by atoms with Gasteiger partial charge >= 0.3 is 0 Å². The largest absolute Gasteiger partial charge is 0.494 e. The number of rotatable bonds is 7. The van der Waals surface area contributed by atoms with E-state index in [1.54, 1.807) is 30.6 Å². The van der Waals surface area contributed by atoms with Gasteiger partial charge in [0.1, 0.15) is 6.33 Å². The second-order valence-electron chi connectivity index (χ2n) is 4.82. The lowest BCUT2D eigenvalue weighted by atomic mass is 10.00. The highest BCUT2D eigenvalue weighted by Crippen LogP contribution is 2.24. The first-order chi connectivity index (χ1) is 10.3. The summed E-state index contributed by atoms with van der Waals surface area (Å²) in [6, 6.07) is 5.18. The Morgan fingerprint density at radius 2 is 2.05 bits per heavy atom. The zero-order valence-corrected chi connectivity index (χ0v) is 12.3. The summed E-state index contributed by atoms with van der Waals surface area (Å²) in [5, 5.41) is 3.41. The van der Waals surface area contributed by atoms with E-state index in [9.17, 15) is 4.39 Å². The monoisotopic (exact) mass is 289 g/mol. The molecule has 0 saturated heterocycles. The standard InChI is InChI=1S/C16H20FN3O/c1-3-7-20-14(13-9-18-11-19-10-13)8-12-5-4-6-15(21-2)16(12)17/h4-6,9-11,14,20H,3,7-8H2,1-2H3. The number of nitrogens with zero attached hydrogens (tertiary/aromatic N) is 2. The molecule has 1 N–H and O–H groups in total. The van der Waals surface area contributed by atoms with Gasteiger partial charge in [-0.15, -0.1) is 0 Å². The van der Waals surface area contributed by atoms with Gasteiger partial charge in [0.2, 0.25) is 0 Å². The van der Waals surface area contributed by atoms with Crippen molar-refractivity contribution < 1.29 is 9.13 Å². The Labute approximate surface area is 124 Å². The Bertz CT molecular complexity index is 563. The molecule has 0 aliphatic heterocycles. The van der Waals surface area contributed by atoms with E-state index in [1.165, 1.54) is 13.4 Å². The molecule has 0 aliphatic carbocycles. The summed E-state index contributed by atoms with van der Waals surface area (Å²) >= 11 is 0. The van der Waals surface area contributed by atoms with Crippen LogP contribution in [0.3, 0.4) is 0 Å². The first-order valence-corrected chi connectivity index (χ1v) is 7.06. The van der Waals surface area contributed by atoms with Crippen LogP contribution in [0.25, 0.3) is 0 Å². The van der Waals surface area contributed by atoms with Crippen LogP contribution in [0.15, 0.2) is 36.9 Å². The van der Waals surface area contributed by atoms with E-state index in [2.05, 4.69) is 22.2 Å².